The van der Waals surface area contributed by atoms with Crippen molar-refractivity contribution < 1.29 is 22.7 Å². The molecule has 1 aromatic heterocycles. The molecule has 0 fully saturated rings. The molecule has 0 aliphatic carbocycles. The van der Waals surface area contributed by atoms with Crippen LogP contribution in [0.5, 0.6) is 5.88 Å². The van der Waals surface area contributed by atoms with Crippen molar-refractivity contribution in [2.24, 2.45) is 0 Å². The molecule has 5 rings (SSSR count). The number of benzene rings is 3. The van der Waals surface area contributed by atoms with Crippen LogP contribution >= 0.6 is 0 Å². The maximum Gasteiger partial charge on any atom is 0.264 e. The SMILES string of the molecule is COC[C@H]1NC(=O)c2cccc(c2)S(=O)(=O)Nc2nc(cc(-c3c(C)cccc3C)n2)OC1c1ccc(C(C)(C)C)cc1. The number of carbonyl (C=O) groups is 1. The van der Waals surface area contributed by atoms with Gasteiger partial charge in [-0.15, -0.1) is 0 Å². The molecular weight excluding hydrogens is 564 g/mol. The molecule has 2 atom stereocenters. The normalized spacial score (nSPS) is 18.2. The summed E-state index contributed by atoms with van der Waals surface area (Å²) in [5.74, 6) is -0.479. The van der Waals surface area contributed by atoms with Crippen molar-refractivity contribution in [2.45, 2.75) is 57.1 Å². The van der Waals surface area contributed by atoms with Crippen molar-refractivity contribution in [2.75, 3.05) is 18.4 Å². The van der Waals surface area contributed by atoms with Gasteiger partial charge in [0.15, 0.2) is 0 Å². The fourth-order valence-electron chi connectivity index (χ4n) is 5.18. The number of aromatic nitrogens is 2. The number of rotatable bonds is 4. The summed E-state index contributed by atoms with van der Waals surface area (Å²) in [6, 6.07) is 20.7. The minimum atomic E-state index is -4.14. The number of aryl methyl sites for hydroxylation is 2. The molecule has 4 aromatic rings. The molecule has 0 radical (unpaired) electrons. The van der Waals surface area contributed by atoms with Crippen LogP contribution in [0.15, 0.2) is 77.7 Å². The van der Waals surface area contributed by atoms with Crippen molar-refractivity contribution in [3.8, 4) is 17.1 Å². The zero-order chi connectivity index (χ0) is 30.9. The molecule has 4 bridgehead atoms. The third-order valence-corrected chi connectivity index (χ3v) is 8.78. The van der Waals surface area contributed by atoms with Crippen molar-refractivity contribution in [1.82, 2.24) is 15.3 Å². The van der Waals surface area contributed by atoms with Crippen LogP contribution in [-0.2, 0) is 20.2 Å². The van der Waals surface area contributed by atoms with Crippen LogP contribution < -0.4 is 14.8 Å². The summed E-state index contributed by atoms with van der Waals surface area (Å²) in [6.45, 7) is 10.5. The lowest BCUT2D eigenvalue weighted by Gasteiger charge is -2.29. The number of ether oxygens (including phenoxy) is 2. The molecule has 2 N–H and O–H groups in total. The summed E-state index contributed by atoms with van der Waals surface area (Å²) in [7, 11) is -2.60. The van der Waals surface area contributed by atoms with E-state index in [-0.39, 0.29) is 34.3 Å². The molecule has 1 aliphatic rings. The van der Waals surface area contributed by atoms with Gasteiger partial charge in [-0.2, -0.15) is 4.98 Å². The molecule has 0 saturated carbocycles. The molecule has 9 nitrogen and oxygen atoms in total. The van der Waals surface area contributed by atoms with Crippen molar-refractivity contribution >= 4 is 21.9 Å². The number of hydrogen-bond acceptors (Lipinski definition) is 7. The number of methoxy groups -OCH3 is 1. The molecule has 3 aromatic carbocycles. The van der Waals surface area contributed by atoms with Gasteiger partial charge in [0.1, 0.15) is 6.10 Å². The average Bonchev–Trinajstić information content (AvgIpc) is 2.95. The smallest absolute Gasteiger partial charge is 0.264 e. The van der Waals surface area contributed by atoms with E-state index in [1.54, 1.807) is 19.2 Å². The number of anilines is 1. The lowest BCUT2D eigenvalue weighted by atomic mass is 9.86. The maximum atomic E-state index is 13.5. The van der Waals surface area contributed by atoms with E-state index in [4.69, 9.17) is 9.47 Å². The van der Waals surface area contributed by atoms with E-state index in [1.807, 2.05) is 56.3 Å². The van der Waals surface area contributed by atoms with E-state index in [9.17, 15) is 13.2 Å². The van der Waals surface area contributed by atoms with Gasteiger partial charge in [0.2, 0.25) is 11.8 Å². The van der Waals surface area contributed by atoms with Crippen LogP contribution in [0.3, 0.4) is 0 Å². The predicted octanol–water partition coefficient (Wildman–Crippen LogP) is 5.74. The van der Waals surface area contributed by atoms with E-state index < -0.39 is 28.1 Å². The Balaban J connectivity index is 1.73. The highest BCUT2D eigenvalue weighted by Crippen LogP contribution is 2.33. The summed E-state index contributed by atoms with van der Waals surface area (Å²) in [5, 5.41) is 3.01. The highest BCUT2D eigenvalue weighted by molar-refractivity contribution is 7.92. The molecule has 43 heavy (non-hydrogen) atoms. The van der Waals surface area contributed by atoms with Crippen LogP contribution in [0, 0.1) is 13.8 Å². The molecule has 0 spiro atoms. The molecule has 1 aliphatic heterocycles. The van der Waals surface area contributed by atoms with Gasteiger partial charge in [0.25, 0.3) is 15.9 Å². The average molecular weight is 601 g/mol. The van der Waals surface area contributed by atoms with Crippen LogP contribution in [0.4, 0.5) is 5.95 Å². The first-order chi connectivity index (χ1) is 20.4. The molecule has 10 heteroatoms. The highest BCUT2D eigenvalue weighted by Gasteiger charge is 2.30. The Morgan fingerprint density at radius 2 is 1.60 bits per heavy atom. The Kier molecular flexibility index (Phi) is 8.27. The summed E-state index contributed by atoms with van der Waals surface area (Å²) in [4.78, 5) is 22.5. The summed E-state index contributed by atoms with van der Waals surface area (Å²) < 4.78 is 41.5. The van der Waals surface area contributed by atoms with Gasteiger partial charge in [0, 0.05) is 24.3 Å². The van der Waals surface area contributed by atoms with E-state index in [2.05, 4.69) is 40.8 Å². The Morgan fingerprint density at radius 1 is 0.930 bits per heavy atom. The third kappa shape index (κ3) is 6.55. The summed E-state index contributed by atoms with van der Waals surface area (Å²) in [6.07, 6.45) is -0.743. The lowest BCUT2D eigenvalue weighted by molar-refractivity contribution is 0.0669. The monoisotopic (exact) mass is 600 g/mol. The minimum Gasteiger partial charge on any atom is -0.467 e. The van der Waals surface area contributed by atoms with Crippen LogP contribution in [0.1, 0.15) is 59.5 Å². The van der Waals surface area contributed by atoms with Gasteiger partial charge in [-0.1, -0.05) is 69.3 Å². The van der Waals surface area contributed by atoms with Gasteiger partial charge >= 0.3 is 0 Å². The van der Waals surface area contributed by atoms with E-state index >= 15 is 0 Å². The fraction of sp³-hybridized carbons (Fsp3) is 0.303. The first-order valence-electron chi connectivity index (χ1n) is 14.0. The Labute approximate surface area is 252 Å². The van der Waals surface area contributed by atoms with Gasteiger partial charge in [-0.05, 0) is 59.7 Å². The number of amides is 1. The predicted molar refractivity (Wildman–Crippen MR) is 166 cm³/mol. The number of carbonyl (C=O) groups excluding carboxylic acids is 1. The maximum absolute atomic E-state index is 13.5. The van der Waals surface area contributed by atoms with Crippen molar-refractivity contribution in [1.29, 1.82) is 0 Å². The Morgan fingerprint density at radius 3 is 2.26 bits per heavy atom. The number of nitrogens with one attached hydrogen (secondary N) is 2. The minimum absolute atomic E-state index is 0.0612. The second-order valence-corrected chi connectivity index (χ2v) is 13.4. The van der Waals surface area contributed by atoms with Crippen LogP contribution in [-0.4, -0.2) is 44.1 Å². The molecular formula is C33H36N4O5S. The number of nitrogens with zero attached hydrogens (tertiary/aromatic N) is 2. The second kappa shape index (κ2) is 11.8. The zero-order valence-corrected chi connectivity index (χ0v) is 26.0. The number of sulfonamides is 1. The van der Waals surface area contributed by atoms with Crippen LogP contribution in [0.25, 0.3) is 11.3 Å². The van der Waals surface area contributed by atoms with Gasteiger partial charge < -0.3 is 14.8 Å². The molecule has 1 amide bonds. The highest BCUT2D eigenvalue weighted by atomic mass is 32.2. The second-order valence-electron chi connectivity index (χ2n) is 11.8. The molecule has 1 unspecified atom stereocenters. The summed E-state index contributed by atoms with van der Waals surface area (Å²) in [5.41, 5.74) is 5.30. The zero-order valence-electron chi connectivity index (χ0n) is 25.1. The first kappa shape index (κ1) is 30.2. The van der Waals surface area contributed by atoms with Gasteiger partial charge in [-0.25, -0.2) is 18.1 Å². The first-order valence-corrected chi connectivity index (χ1v) is 15.5. The topological polar surface area (TPSA) is 120 Å². The number of hydrogen-bond donors (Lipinski definition) is 2. The third-order valence-electron chi connectivity index (χ3n) is 7.45. The van der Waals surface area contributed by atoms with Gasteiger partial charge in [-0.3, -0.25) is 4.79 Å². The molecule has 224 valence electrons. The molecule has 0 saturated heterocycles. The summed E-state index contributed by atoms with van der Waals surface area (Å²) >= 11 is 0. The van der Waals surface area contributed by atoms with Crippen molar-refractivity contribution in [3.05, 3.63) is 101 Å². The van der Waals surface area contributed by atoms with E-state index in [1.165, 1.54) is 18.2 Å². The van der Waals surface area contributed by atoms with Crippen molar-refractivity contribution in [3.63, 3.8) is 0 Å². The van der Waals surface area contributed by atoms with Gasteiger partial charge in [0.05, 0.1) is 23.2 Å². The lowest BCUT2D eigenvalue weighted by Crippen LogP contribution is -2.44. The Bertz CT molecular complexity index is 1750. The number of fused-ring (bicyclic) bond motifs is 4. The molecule has 2 heterocycles. The Hall–Kier alpha value is -4.28. The van der Waals surface area contributed by atoms with E-state index in [0.717, 1.165) is 27.8 Å². The van der Waals surface area contributed by atoms with Crippen LogP contribution in [0.2, 0.25) is 0 Å². The quantitative estimate of drug-likeness (QED) is 0.307. The largest absolute Gasteiger partial charge is 0.467 e. The fourth-order valence-corrected chi connectivity index (χ4v) is 6.17. The standard InChI is InChI=1S/C33H36N4O5S/c1-20-9-7-10-21(2)29(20)26-18-28-36-32(35-26)37-43(39,40)25-12-8-11-23(17-25)31(38)34-27(19-41-6)30(42-28)22-13-15-24(16-14-22)33(3,4)5/h7-18,27,30H,19H2,1-6H3,(H,34,38)(H,35,36,37)/t27-,30?/m1/s1. The van der Waals surface area contributed by atoms with E-state index in [0.29, 0.717) is 5.69 Å².